The van der Waals surface area contributed by atoms with Gasteiger partial charge in [0.1, 0.15) is 10.6 Å². The number of aryl methyl sites for hydroxylation is 2. The van der Waals surface area contributed by atoms with E-state index < -0.39 is 0 Å². The minimum atomic E-state index is -0.0394. The molecule has 0 unspecified atom stereocenters. The second kappa shape index (κ2) is 9.57. The van der Waals surface area contributed by atoms with Gasteiger partial charge in [0.2, 0.25) is 5.91 Å². The molecule has 0 saturated heterocycles. The smallest absolute Gasteiger partial charge is 0.263 e. The number of thioether (sulfide) groups is 1. The number of hydrogen-bond acceptors (Lipinski definition) is 6. The predicted octanol–water partition coefficient (Wildman–Crippen LogP) is 4.73. The van der Waals surface area contributed by atoms with Crippen molar-refractivity contribution >= 4 is 39.2 Å². The van der Waals surface area contributed by atoms with Crippen LogP contribution in [0.4, 0.5) is 0 Å². The number of nitrogens with zero attached hydrogens (tertiary/aromatic N) is 3. The summed E-state index contributed by atoms with van der Waals surface area (Å²) < 4.78 is 7.09. The lowest BCUT2D eigenvalue weighted by molar-refractivity contribution is -0.127. The molecule has 4 aromatic rings. The largest absolute Gasteiger partial charge is 0.467 e. The first-order valence-electron chi connectivity index (χ1n) is 11.1. The molecule has 0 N–H and O–H groups in total. The van der Waals surface area contributed by atoms with E-state index in [0.717, 1.165) is 47.2 Å². The van der Waals surface area contributed by atoms with Gasteiger partial charge in [0.15, 0.2) is 5.16 Å². The van der Waals surface area contributed by atoms with Crippen LogP contribution in [0.25, 0.3) is 10.2 Å². The fourth-order valence-corrected chi connectivity index (χ4v) is 6.44. The van der Waals surface area contributed by atoms with Crippen molar-refractivity contribution in [2.45, 2.75) is 43.9 Å². The van der Waals surface area contributed by atoms with Gasteiger partial charge < -0.3 is 9.32 Å². The van der Waals surface area contributed by atoms with Crippen LogP contribution in [0.1, 0.15) is 34.6 Å². The second-order valence-corrected chi connectivity index (χ2v) is 10.3. The first-order valence-corrected chi connectivity index (χ1v) is 12.9. The maximum absolute atomic E-state index is 13.7. The number of fused-ring (bicyclic) bond motifs is 3. The van der Waals surface area contributed by atoms with Gasteiger partial charge in [-0.1, -0.05) is 42.1 Å². The maximum atomic E-state index is 13.7. The zero-order valence-electron chi connectivity index (χ0n) is 18.5. The van der Waals surface area contributed by atoms with E-state index in [0.29, 0.717) is 18.2 Å². The number of hydrogen-bond donors (Lipinski definition) is 0. The quantitative estimate of drug-likeness (QED) is 0.283. The molecule has 1 amide bonds. The Bertz CT molecular complexity index is 1330. The van der Waals surface area contributed by atoms with Gasteiger partial charge in [-0.2, -0.15) is 0 Å². The monoisotopic (exact) mass is 479 g/mol. The van der Waals surface area contributed by atoms with Gasteiger partial charge in [0.05, 0.1) is 30.5 Å². The lowest BCUT2D eigenvalue weighted by Gasteiger charge is -2.17. The average molecular weight is 480 g/mol. The third-order valence-corrected chi connectivity index (χ3v) is 8.09. The summed E-state index contributed by atoms with van der Waals surface area (Å²) >= 11 is 2.97. The molecule has 3 aromatic heterocycles. The molecule has 0 atom stereocenters. The number of furan rings is 1. The zero-order valence-corrected chi connectivity index (χ0v) is 20.1. The third-order valence-electron chi connectivity index (χ3n) is 5.95. The highest BCUT2D eigenvalue weighted by Gasteiger charge is 2.23. The molecule has 0 spiro atoms. The van der Waals surface area contributed by atoms with Gasteiger partial charge in [-0.3, -0.25) is 14.2 Å². The summed E-state index contributed by atoms with van der Waals surface area (Å²) in [5.41, 5.74) is 2.22. The Morgan fingerprint density at radius 2 is 2.00 bits per heavy atom. The van der Waals surface area contributed by atoms with Gasteiger partial charge in [-0.05, 0) is 48.9 Å². The Morgan fingerprint density at radius 1 is 1.18 bits per heavy atom. The molecule has 1 aliphatic rings. The highest BCUT2D eigenvalue weighted by atomic mass is 32.2. The number of carbonyl (C=O) groups is 1. The summed E-state index contributed by atoms with van der Waals surface area (Å²) in [4.78, 5) is 35.1. The fraction of sp³-hybridized carbons (Fsp3) is 0.320. The van der Waals surface area contributed by atoms with Crippen LogP contribution in [0, 0.1) is 0 Å². The molecule has 0 saturated carbocycles. The fourth-order valence-electron chi connectivity index (χ4n) is 4.20. The van der Waals surface area contributed by atoms with Gasteiger partial charge in [0.25, 0.3) is 5.56 Å². The molecule has 5 rings (SSSR count). The van der Waals surface area contributed by atoms with E-state index in [1.165, 1.54) is 22.2 Å². The lowest BCUT2D eigenvalue weighted by atomic mass is 9.97. The zero-order chi connectivity index (χ0) is 22.8. The summed E-state index contributed by atoms with van der Waals surface area (Å²) in [5, 5.41) is 1.37. The van der Waals surface area contributed by atoms with E-state index in [1.54, 1.807) is 34.1 Å². The summed E-state index contributed by atoms with van der Waals surface area (Å²) in [5.74, 6) is 0.901. The van der Waals surface area contributed by atoms with Gasteiger partial charge in [-0.15, -0.1) is 11.3 Å². The standard InChI is InChI=1S/C25H25N3O3S2/c1-27(15-18-10-7-13-31-18)21(29)16-32-25-26-23-22(19-11-5-6-12-20(19)33-23)24(30)28(25)14-17-8-3-2-4-9-17/h2-4,7-10,13H,5-6,11-12,14-16H2,1H3. The molecule has 1 aliphatic carbocycles. The van der Waals surface area contributed by atoms with E-state index in [1.807, 2.05) is 42.5 Å². The van der Waals surface area contributed by atoms with Crippen molar-refractivity contribution in [1.82, 2.24) is 14.5 Å². The molecular weight excluding hydrogens is 454 g/mol. The maximum Gasteiger partial charge on any atom is 0.263 e. The number of carbonyl (C=O) groups excluding carboxylic acids is 1. The summed E-state index contributed by atoms with van der Waals surface area (Å²) in [6.45, 7) is 0.847. The van der Waals surface area contributed by atoms with Crippen molar-refractivity contribution in [3.63, 3.8) is 0 Å². The summed E-state index contributed by atoms with van der Waals surface area (Å²) in [6, 6.07) is 13.6. The van der Waals surface area contributed by atoms with Gasteiger partial charge in [-0.25, -0.2) is 4.98 Å². The minimum Gasteiger partial charge on any atom is -0.467 e. The van der Waals surface area contributed by atoms with Crippen molar-refractivity contribution < 1.29 is 9.21 Å². The molecule has 1 aromatic carbocycles. The van der Waals surface area contributed by atoms with E-state index in [4.69, 9.17) is 9.40 Å². The molecule has 0 radical (unpaired) electrons. The number of rotatable bonds is 7. The Labute approximate surface area is 200 Å². The van der Waals surface area contributed by atoms with Crippen molar-refractivity contribution in [3.8, 4) is 0 Å². The summed E-state index contributed by atoms with van der Waals surface area (Å²) in [7, 11) is 1.76. The molecule has 170 valence electrons. The number of amides is 1. The molecule has 0 bridgehead atoms. The van der Waals surface area contributed by atoms with E-state index >= 15 is 0 Å². The molecule has 0 aliphatic heterocycles. The Morgan fingerprint density at radius 3 is 2.79 bits per heavy atom. The molecular formula is C25H25N3O3S2. The molecule has 6 nitrogen and oxygen atoms in total. The Kier molecular flexibility index (Phi) is 6.37. The van der Waals surface area contributed by atoms with Crippen molar-refractivity contribution in [3.05, 3.63) is 80.8 Å². The van der Waals surface area contributed by atoms with Crippen molar-refractivity contribution in [1.29, 1.82) is 0 Å². The van der Waals surface area contributed by atoms with Crippen LogP contribution < -0.4 is 5.56 Å². The van der Waals surface area contributed by atoms with Crippen LogP contribution in [-0.4, -0.2) is 33.2 Å². The highest BCUT2D eigenvalue weighted by molar-refractivity contribution is 7.99. The SMILES string of the molecule is CN(Cc1ccco1)C(=O)CSc1nc2sc3c(c2c(=O)n1Cc1ccccc1)CCCC3. The molecule has 33 heavy (non-hydrogen) atoms. The Balaban J connectivity index is 1.46. The first-order chi connectivity index (χ1) is 16.1. The number of aromatic nitrogens is 2. The van der Waals surface area contributed by atoms with Gasteiger partial charge in [0, 0.05) is 11.9 Å². The van der Waals surface area contributed by atoms with Crippen LogP contribution in [0.2, 0.25) is 0 Å². The van der Waals surface area contributed by atoms with Gasteiger partial charge >= 0.3 is 0 Å². The topological polar surface area (TPSA) is 68.3 Å². The average Bonchev–Trinajstić information content (AvgIpc) is 3.47. The van der Waals surface area contributed by atoms with E-state index in [-0.39, 0.29) is 17.2 Å². The van der Waals surface area contributed by atoms with E-state index in [2.05, 4.69) is 0 Å². The number of benzene rings is 1. The van der Waals surface area contributed by atoms with Crippen LogP contribution in [0.3, 0.4) is 0 Å². The summed E-state index contributed by atoms with van der Waals surface area (Å²) in [6.07, 6.45) is 5.84. The van der Waals surface area contributed by atoms with Crippen LogP contribution in [0.15, 0.2) is 63.1 Å². The minimum absolute atomic E-state index is 0.00198. The van der Waals surface area contributed by atoms with Crippen LogP contribution in [0.5, 0.6) is 0 Å². The molecule has 3 heterocycles. The molecule has 8 heteroatoms. The number of thiophene rings is 1. The van der Waals surface area contributed by atoms with Crippen molar-refractivity contribution in [2.24, 2.45) is 0 Å². The third kappa shape index (κ3) is 4.63. The lowest BCUT2D eigenvalue weighted by Crippen LogP contribution is -2.29. The van der Waals surface area contributed by atoms with Crippen LogP contribution >= 0.6 is 23.1 Å². The Hall–Kier alpha value is -2.84. The van der Waals surface area contributed by atoms with Crippen LogP contribution in [-0.2, 0) is 30.7 Å². The highest BCUT2D eigenvalue weighted by Crippen LogP contribution is 2.34. The normalized spacial score (nSPS) is 13.2. The molecule has 0 fully saturated rings. The predicted molar refractivity (Wildman–Crippen MR) is 132 cm³/mol. The van der Waals surface area contributed by atoms with Crippen molar-refractivity contribution in [2.75, 3.05) is 12.8 Å². The second-order valence-electron chi connectivity index (χ2n) is 8.28. The first kappa shape index (κ1) is 22.0. The van der Waals surface area contributed by atoms with E-state index in [9.17, 15) is 9.59 Å².